The van der Waals surface area contributed by atoms with E-state index in [-0.39, 0.29) is 11.1 Å². The molecule has 1 aliphatic rings. The van der Waals surface area contributed by atoms with Gasteiger partial charge in [-0.1, -0.05) is 20.8 Å². The zero-order valence-electron chi connectivity index (χ0n) is 11.7. The Hall–Kier alpha value is -1.32. The summed E-state index contributed by atoms with van der Waals surface area (Å²) in [6.45, 7) is 8.62. The van der Waals surface area contributed by atoms with E-state index in [1.54, 1.807) is 0 Å². The van der Waals surface area contributed by atoms with Crippen molar-refractivity contribution >= 4 is 5.97 Å². The molecule has 2 heterocycles. The number of hydrogen-bond donors (Lipinski definition) is 1. The van der Waals surface area contributed by atoms with Gasteiger partial charge in [-0.3, -0.25) is 0 Å². The van der Waals surface area contributed by atoms with Crippen LogP contribution in [0.5, 0.6) is 0 Å². The van der Waals surface area contributed by atoms with E-state index in [9.17, 15) is 9.90 Å². The first-order valence-corrected chi connectivity index (χ1v) is 6.63. The number of carboxylic acids is 1. The first-order chi connectivity index (χ1) is 8.29. The maximum atomic E-state index is 11.3. The second-order valence-electron chi connectivity index (χ2n) is 6.48. The topological polar surface area (TPSA) is 55.1 Å². The van der Waals surface area contributed by atoms with Crippen LogP contribution in [0.2, 0.25) is 0 Å². The molecule has 4 nitrogen and oxygen atoms in total. The average Bonchev–Trinajstić information content (AvgIpc) is 2.56. The average molecular weight is 250 g/mol. The second kappa shape index (κ2) is 4.41. The zero-order valence-corrected chi connectivity index (χ0v) is 11.7. The fourth-order valence-corrected chi connectivity index (χ4v) is 2.74. The van der Waals surface area contributed by atoms with Crippen LogP contribution in [0.1, 0.15) is 68.6 Å². The van der Waals surface area contributed by atoms with Crippen molar-refractivity contribution in [3.8, 4) is 0 Å². The largest absolute Gasteiger partial charge is 0.476 e. The number of nitrogens with zero attached hydrogens (tertiary/aromatic N) is 2. The maximum absolute atomic E-state index is 11.3. The van der Waals surface area contributed by atoms with Gasteiger partial charge < -0.3 is 9.67 Å². The van der Waals surface area contributed by atoms with Crippen LogP contribution in [0.15, 0.2) is 0 Å². The molecule has 0 saturated carbocycles. The van der Waals surface area contributed by atoms with Gasteiger partial charge in [0.2, 0.25) is 0 Å². The molecule has 0 radical (unpaired) electrons. The molecule has 4 heteroatoms. The molecule has 100 valence electrons. The van der Waals surface area contributed by atoms with Gasteiger partial charge in [-0.05, 0) is 31.6 Å². The van der Waals surface area contributed by atoms with Crippen molar-refractivity contribution < 1.29 is 9.90 Å². The highest BCUT2D eigenvalue weighted by Crippen LogP contribution is 2.31. The van der Waals surface area contributed by atoms with Crippen molar-refractivity contribution in [2.75, 3.05) is 0 Å². The van der Waals surface area contributed by atoms with Crippen molar-refractivity contribution in [1.82, 2.24) is 9.55 Å². The Morgan fingerprint density at radius 2 is 2.17 bits per heavy atom. The molecular formula is C14H22N2O2. The van der Waals surface area contributed by atoms with Crippen LogP contribution in [0.3, 0.4) is 0 Å². The lowest BCUT2D eigenvalue weighted by Gasteiger charge is -2.26. The molecule has 1 aromatic rings. The first kappa shape index (κ1) is 13.1. The van der Waals surface area contributed by atoms with Crippen molar-refractivity contribution in [1.29, 1.82) is 0 Å². The Morgan fingerprint density at radius 1 is 1.50 bits per heavy atom. The third kappa shape index (κ3) is 2.42. The van der Waals surface area contributed by atoms with E-state index < -0.39 is 5.97 Å². The molecule has 2 rings (SSSR count). The third-order valence-electron chi connectivity index (χ3n) is 3.45. The lowest BCUT2D eigenvalue weighted by atomic mass is 9.91. The van der Waals surface area contributed by atoms with E-state index in [1.165, 1.54) is 0 Å². The number of hydrogen-bond acceptors (Lipinski definition) is 2. The summed E-state index contributed by atoms with van der Waals surface area (Å²) in [4.78, 5) is 15.7. The van der Waals surface area contributed by atoms with Gasteiger partial charge in [-0.15, -0.1) is 0 Å². The van der Waals surface area contributed by atoms with Gasteiger partial charge in [-0.25, -0.2) is 9.78 Å². The van der Waals surface area contributed by atoms with E-state index in [1.807, 2.05) is 0 Å². The van der Waals surface area contributed by atoms with E-state index in [0.29, 0.717) is 6.04 Å². The van der Waals surface area contributed by atoms with E-state index in [4.69, 9.17) is 0 Å². The highest BCUT2D eigenvalue weighted by atomic mass is 16.4. The minimum absolute atomic E-state index is 0.120. The van der Waals surface area contributed by atoms with Gasteiger partial charge in [0.25, 0.3) is 0 Å². The van der Waals surface area contributed by atoms with Crippen LogP contribution in [0.25, 0.3) is 0 Å². The van der Waals surface area contributed by atoms with Crippen LogP contribution in [0, 0.1) is 5.41 Å². The Labute approximate surface area is 108 Å². The molecule has 0 aliphatic carbocycles. The predicted molar refractivity (Wildman–Crippen MR) is 70.0 cm³/mol. The zero-order chi connectivity index (χ0) is 13.5. The van der Waals surface area contributed by atoms with E-state index >= 15 is 0 Å². The molecule has 1 atom stereocenters. The molecule has 1 N–H and O–H groups in total. The lowest BCUT2D eigenvalue weighted by molar-refractivity contribution is 0.0689. The summed E-state index contributed by atoms with van der Waals surface area (Å²) in [6.07, 6.45) is 3.82. The monoisotopic (exact) mass is 250 g/mol. The van der Waals surface area contributed by atoms with Crippen molar-refractivity contribution in [2.45, 2.75) is 59.4 Å². The fourth-order valence-electron chi connectivity index (χ4n) is 2.74. The lowest BCUT2D eigenvalue weighted by Crippen LogP contribution is -2.21. The molecular weight excluding hydrogens is 228 g/mol. The van der Waals surface area contributed by atoms with Gasteiger partial charge >= 0.3 is 5.97 Å². The maximum Gasteiger partial charge on any atom is 0.356 e. The van der Waals surface area contributed by atoms with Crippen molar-refractivity contribution in [3.05, 3.63) is 17.2 Å². The molecule has 0 amide bonds. The summed E-state index contributed by atoms with van der Waals surface area (Å²) in [5.74, 6) is 0.0371. The molecule has 0 saturated heterocycles. The number of imidazole rings is 1. The van der Waals surface area contributed by atoms with Gasteiger partial charge in [0.05, 0.1) is 5.69 Å². The Balaban J connectivity index is 2.50. The van der Waals surface area contributed by atoms with Crippen molar-refractivity contribution in [2.24, 2.45) is 5.41 Å². The number of fused-ring (bicyclic) bond motifs is 1. The summed E-state index contributed by atoms with van der Waals surface area (Å²) in [7, 11) is 0. The van der Waals surface area contributed by atoms with Gasteiger partial charge in [-0.2, -0.15) is 0 Å². The Bertz CT molecular complexity index is 469. The molecule has 18 heavy (non-hydrogen) atoms. The van der Waals surface area contributed by atoms with Crippen LogP contribution >= 0.6 is 0 Å². The molecule has 0 bridgehead atoms. The molecule has 1 aromatic heterocycles. The summed E-state index contributed by atoms with van der Waals surface area (Å²) >= 11 is 0. The fraction of sp³-hybridized carbons (Fsp3) is 0.714. The number of carbonyl (C=O) groups is 1. The SMILES string of the molecule is CC1CCCc2c(C(=O)O)nc(CC(C)(C)C)n21. The smallest absolute Gasteiger partial charge is 0.356 e. The molecule has 0 fully saturated rings. The highest BCUT2D eigenvalue weighted by Gasteiger charge is 2.29. The quantitative estimate of drug-likeness (QED) is 0.877. The van der Waals surface area contributed by atoms with Crippen molar-refractivity contribution in [3.63, 3.8) is 0 Å². The summed E-state index contributed by atoms with van der Waals surface area (Å²) < 4.78 is 2.16. The van der Waals surface area contributed by atoms with E-state index in [2.05, 4.69) is 37.2 Å². The minimum atomic E-state index is -0.895. The normalized spacial score (nSPS) is 19.7. The molecule has 0 spiro atoms. The molecule has 1 aliphatic heterocycles. The van der Waals surface area contributed by atoms with Gasteiger partial charge in [0, 0.05) is 12.5 Å². The molecule has 0 aromatic carbocycles. The summed E-state index contributed by atoms with van der Waals surface area (Å²) in [5.41, 5.74) is 1.30. The number of aromatic carboxylic acids is 1. The first-order valence-electron chi connectivity index (χ1n) is 6.63. The van der Waals surface area contributed by atoms with E-state index in [0.717, 1.165) is 37.2 Å². The minimum Gasteiger partial charge on any atom is -0.476 e. The number of aromatic nitrogens is 2. The summed E-state index contributed by atoms with van der Waals surface area (Å²) in [6, 6.07) is 0.367. The second-order valence-corrected chi connectivity index (χ2v) is 6.48. The van der Waals surface area contributed by atoms with Crippen LogP contribution in [0.4, 0.5) is 0 Å². The number of rotatable bonds is 2. The van der Waals surface area contributed by atoms with Crippen LogP contribution in [-0.4, -0.2) is 20.6 Å². The van der Waals surface area contributed by atoms with Crippen LogP contribution in [-0.2, 0) is 12.8 Å². The standard InChI is InChI=1S/C14H22N2O2/c1-9-6-5-7-10-12(13(17)18)15-11(16(9)10)8-14(2,3)4/h9H,5-8H2,1-4H3,(H,17,18). The Kier molecular flexibility index (Phi) is 3.21. The third-order valence-corrected chi connectivity index (χ3v) is 3.45. The van der Waals surface area contributed by atoms with Crippen LogP contribution < -0.4 is 0 Å². The van der Waals surface area contributed by atoms with Gasteiger partial charge in [0.15, 0.2) is 5.69 Å². The number of carboxylic acid groups (broad SMARTS) is 1. The highest BCUT2D eigenvalue weighted by molar-refractivity contribution is 5.87. The Morgan fingerprint density at radius 3 is 2.72 bits per heavy atom. The van der Waals surface area contributed by atoms with Gasteiger partial charge in [0.1, 0.15) is 5.82 Å². The predicted octanol–water partition coefficient (Wildman–Crippen LogP) is 3.07. The molecule has 1 unspecified atom stereocenters. The summed E-state index contributed by atoms with van der Waals surface area (Å²) in [5, 5.41) is 9.26.